The molecule has 0 aromatic carbocycles. The summed E-state index contributed by atoms with van der Waals surface area (Å²) in [5.74, 6) is 0.376. The quantitative estimate of drug-likeness (QED) is 0.858. The molecule has 8 nitrogen and oxygen atoms in total. The van der Waals surface area contributed by atoms with Crippen molar-refractivity contribution < 1.29 is 9.00 Å². The van der Waals surface area contributed by atoms with Crippen LogP contribution in [0.15, 0.2) is 23.5 Å². The van der Waals surface area contributed by atoms with Gasteiger partial charge >= 0.3 is 6.03 Å². The van der Waals surface area contributed by atoms with E-state index in [1.54, 1.807) is 17.1 Å². The summed E-state index contributed by atoms with van der Waals surface area (Å²) in [7, 11) is 0.789. The Balaban J connectivity index is 1.41. The number of urea groups is 1. The third-order valence-electron chi connectivity index (χ3n) is 5.65. The van der Waals surface area contributed by atoms with Gasteiger partial charge in [0.05, 0.1) is 27.9 Å². The van der Waals surface area contributed by atoms with Crippen LogP contribution in [0.5, 0.6) is 0 Å². The average Bonchev–Trinajstić information content (AvgIpc) is 3.26. The van der Waals surface area contributed by atoms with E-state index in [0.29, 0.717) is 24.0 Å². The molecule has 2 aromatic rings. The number of likely N-dealkylation sites (tertiary alicyclic amines) is 1. The Kier molecular flexibility index (Phi) is 4.78. The number of aryl methyl sites for hydroxylation is 1. The van der Waals surface area contributed by atoms with E-state index in [4.69, 9.17) is 0 Å². The van der Waals surface area contributed by atoms with Gasteiger partial charge in [-0.3, -0.25) is 14.2 Å². The molecule has 1 aliphatic heterocycles. The van der Waals surface area contributed by atoms with Crippen molar-refractivity contribution >= 4 is 33.4 Å². The Bertz CT molecular complexity index is 794. The van der Waals surface area contributed by atoms with Crippen molar-refractivity contribution in [1.82, 2.24) is 24.3 Å². The number of piperidine rings is 1. The van der Waals surface area contributed by atoms with Crippen molar-refractivity contribution in [2.45, 2.75) is 41.9 Å². The molecule has 0 bridgehead atoms. The van der Waals surface area contributed by atoms with Crippen molar-refractivity contribution in [3.63, 3.8) is 0 Å². The van der Waals surface area contributed by atoms with Crippen LogP contribution in [0, 0.1) is 5.92 Å². The molecule has 0 spiro atoms. The van der Waals surface area contributed by atoms with Crippen LogP contribution in [-0.4, -0.2) is 52.3 Å². The number of rotatable bonds is 4. The molecule has 2 fully saturated rings. The number of nitrogens with one attached hydrogen (secondary N) is 1. The topological polar surface area (TPSA) is 93.0 Å². The molecule has 1 saturated carbocycles. The van der Waals surface area contributed by atoms with Crippen molar-refractivity contribution in [2.24, 2.45) is 13.0 Å². The van der Waals surface area contributed by atoms with E-state index in [1.165, 1.54) is 11.5 Å². The fourth-order valence-electron chi connectivity index (χ4n) is 4.04. The Hall–Kier alpha value is -1.81. The first-order valence-electron chi connectivity index (χ1n) is 8.83. The van der Waals surface area contributed by atoms with Gasteiger partial charge in [-0.2, -0.15) is 5.10 Å². The maximum Gasteiger partial charge on any atom is 0.322 e. The number of anilines is 1. The Morgan fingerprint density at radius 1 is 1.38 bits per heavy atom. The summed E-state index contributed by atoms with van der Waals surface area (Å²) in [6, 6.07) is 1.76. The average molecular weight is 395 g/mol. The third kappa shape index (κ3) is 3.05. The number of nitrogens with zero attached hydrogens (tertiary/aromatic N) is 5. The van der Waals surface area contributed by atoms with E-state index in [0.717, 1.165) is 37.1 Å². The minimum Gasteiger partial charge on any atom is -0.324 e. The summed E-state index contributed by atoms with van der Waals surface area (Å²) in [6.07, 6.45) is 8.15. The predicted octanol–water partition coefficient (Wildman–Crippen LogP) is 2.25. The number of hydrogen-bond donors (Lipinski definition) is 1. The van der Waals surface area contributed by atoms with Crippen LogP contribution < -0.4 is 5.32 Å². The van der Waals surface area contributed by atoms with Crippen LogP contribution in [0.25, 0.3) is 0 Å². The van der Waals surface area contributed by atoms with Crippen LogP contribution >= 0.6 is 11.5 Å². The lowest BCUT2D eigenvalue weighted by Gasteiger charge is -2.49. The molecule has 10 heteroatoms. The molecule has 1 aliphatic carbocycles. The summed E-state index contributed by atoms with van der Waals surface area (Å²) in [4.78, 5) is 14.2. The van der Waals surface area contributed by atoms with Gasteiger partial charge in [-0.25, -0.2) is 4.79 Å². The molecule has 1 atom stereocenters. The molecule has 0 radical (unpaired) electrons. The van der Waals surface area contributed by atoms with Gasteiger partial charge in [-0.15, -0.1) is 5.10 Å². The summed E-state index contributed by atoms with van der Waals surface area (Å²) in [5, 5.41) is 12.2. The number of hydrogen-bond acceptors (Lipinski definition) is 6. The summed E-state index contributed by atoms with van der Waals surface area (Å²) >= 11 is 1.17. The minimum absolute atomic E-state index is 0.107. The lowest BCUT2D eigenvalue weighted by molar-refractivity contribution is 0.139. The van der Waals surface area contributed by atoms with Gasteiger partial charge < -0.3 is 4.90 Å². The first-order chi connectivity index (χ1) is 12.6. The largest absolute Gasteiger partial charge is 0.324 e. The molecule has 140 valence electrons. The summed E-state index contributed by atoms with van der Waals surface area (Å²) in [6.45, 7) is 1.38. The first-order valence-corrected chi connectivity index (χ1v) is 10.8. The lowest BCUT2D eigenvalue weighted by atomic mass is 9.71. The molecule has 1 saturated heterocycles. The fourth-order valence-corrected chi connectivity index (χ4v) is 6.53. The minimum atomic E-state index is -1.06. The van der Waals surface area contributed by atoms with Crippen LogP contribution in [0.3, 0.4) is 0 Å². The van der Waals surface area contributed by atoms with Crippen LogP contribution in [0.4, 0.5) is 9.80 Å². The van der Waals surface area contributed by atoms with Crippen LogP contribution in [0.2, 0.25) is 0 Å². The van der Waals surface area contributed by atoms with E-state index >= 15 is 0 Å². The summed E-state index contributed by atoms with van der Waals surface area (Å²) in [5.41, 5.74) is 0. The van der Waals surface area contributed by atoms with Crippen molar-refractivity contribution in [3.8, 4) is 0 Å². The van der Waals surface area contributed by atoms with Gasteiger partial charge in [-0.1, -0.05) is 10.9 Å². The molecule has 1 N–H and O–H groups in total. The van der Waals surface area contributed by atoms with Crippen molar-refractivity contribution in [2.75, 3.05) is 18.4 Å². The predicted molar refractivity (Wildman–Crippen MR) is 99.4 cm³/mol. The maximum absolute atomic E-state index is 13.3. The van der Waals surface area contributed by atoms with Gasteiger partial charge in [0, 0.05) is 31.7 Å². The van der Waals surface area contributed by atoms with Gasteiger partial charge in [0.25, 0.3) is 0 Å². The molecular weight excluding hydrogens is 372 g/mol. The van der Waals surface area contributed by atoms with Crippen molar-refractivity contribution in [1.29, 1.82) is 0 Å². The highest BCUT2D eigenvalue weighted by molar-refractivity contribution is 7.86. The Labute approximate surface area is 158 Å². The zero-order chi connectivity index (χ0) is 18.1. The Morgan fingerprint density at radius 3 is 2.69 bits per heavy atom. The third-order valence-corrected chi connectivity index (χ3v) is 8.49. The number of carbonyl (C=O) groups is 1. The van der Waals surface area contributed by atoms with Gasteiger partial charge in [0.15, 0.2) is 0 Å². The molecular formula is C16H22N6O2S2. The van der Waals surface area contributed by atoms with Gasteiger partial charge in [0.1, 0.15) is 10.0 Å². The zero-order valence-electron chi connectivity index (χ0n) is 14.6. The fraction of sp³-hybridized carbons (Fsp3) is 0.625. The number of aromatic nitrogens is 4. The molecule has 3 heterocycles. The van der Waals surface area contributed by atoms with Crippen LogP contribution in [-0.2, 0) is 17.8 Å². The second-order valence-electron chi connectivity index (χ2n) is 6.95. The van der Waals surface area contributed by atoms with E-state index in [9.17, 15) is 9.00 Å². The zero-order valence-corrected chi connectivity index (χ0v) is 16.3. The number of carbonyl (C=O) groups excluding carboxylic acids is 1. The number of amides is 2. The highest BCUT2D eigenvalue weighted by Gasteiger charge is 2.50. The lowest BCUT2D eigenvalue weighted by Crippen LogP contribution is -2.53. The molecule has 1 unspecified atom stereocenters. The second kappa shape index (κ2) is 7.07. The van der Waals surface area contributed by atoms with Gasteiger partial charge in [-0.05, 0) is 37.7 Å². The monoisotopic (exact) mass is 394 g/mol. The Morgan fingerprint density at radius 2 is 2.15 bits per heavy atom. The highest BCUT2D eigenvalue weighted by atomic mass is 32.2. The van der Waals surface area contributed by atoms with Gasteiger partial charge in [0.2, 0.25) is 0 Å². The normalized spacial score (nSPS) is 21.2. The van der Waals surface area contributed by atoms with E-state index in [2.05, 4.69) is 20.0 Å². The van der Waals surface area contributed by atoms with E-state index < -0.39 is 10.8 Å². The van der Waals surface area contributed by atoms with E-state index in [-0.39, 0.29) is 10.8 Å². The standard InChI is InChI=1S/C16H22N6O2S2/c1-21-14(3-8-18-21)26(24)16(6-2-7-16)12-4-9-22(10-5-12)15(23)19-13-11-17-20-25-13/h3,8,11-12H,2,4-7,9-10H2,1H3,(H,19,23). The maximum atomic E-state index is 13.3. The molecule has 2 aliphatic rings. The van der Waals surface area contributed by atoms with E-state index in [1.807, 2.05) is 18.0 Å². The molecule has 2 amide bonds. The van der Waals surface area contributed by atoms with Crippen LogP contribution in [0.1, 0.15) is 32.1 Å². The highest BCUT2D eigenvalue weighted by Crippen LogP contribution is 2.49. The summed E-state index contributed by atoms with van der Waals surface area (Å²) < 4.78 is 18.6. The SMILES string of the molecule is Cn1nccc1S(=O)C1(C2CCN(C(=O)Nc3cnns3)CC2)CCC1. The molecule has 26 heavy (non-hydrogen) atoms. The molecule has 2 aromatic heterocycles. The smallest absolute Gasteiger partial charge is 0.322 e. The van der Waals surface area contributed by atoms with Crippen molar-refractivity contribution in [3.05, 3.63) is 18.5 Å². The first kappa shape index (κ1) is 17.6. The molecule has 4 rings (SSSR count). The second-order valence-corrected chi connectivity index (χ2v) is 9.51.